The van der Waals surface area contributed by atoms with Gasteiger partial charge >= 0.3 is 0 Å². The van der Waals surface area contributed by atoms with Crippen molar-refractivity contribution in [1.82, 2.24) is 0 Å². The molecular formula is C23H25ClN2OS. The molecule has 0 unspecified atom stereocenters. The average Bonchev–Trinajstić information content (AvgIpc) is 3.37. The van der Waals surface area contributed by atoms with E-state index in [4.69, 9.17) is 11.6 Å². The van der Waals surface area contributed by atoms with Gasteiger partial charge in [-0.15, -0.1) is 11.3 Å². The van der Waals surface area contributed by atoms with Crippen molar-refractivity contribution in [2.45, 2.75) is 52.4 Å². The molecule has 1 aromatic carbocycles. The van der Waals surface area contributed by atoms with Crippen LogP contribution in [-0.2, 0) is 17.6 Å². The van der Waals surface area contributed by atoms with Crippen LogP contribution < -0.4 is 5.32 Å². The van der Waals surface area contributed by atoms with Crippen LogP contribution in [0.2, 0.25) is 5.02 Å². The molecule has 1 amide bonds. The Hall–Kier alpha value is -1.83. The molecule has 0 spiro atoms. The molecular weight excluding hydrogens is 388 g/mol. The first-order valence-electron chi connectivity index (χ1n) is 9.89. The highest BCUT2D eigenvalue weighted by Gasteiger charge is 2.44. The minimum absolute atomic E-state index is 0.0193. The Balaban J connectivity index is 1.49. The Morgan fingerprint density at radius 3 is 2.64 bits per heavy atom. The predicted octanol–water partition coefficient (Wildman–Crippen LogP) is 6.17. The van der Waals surface area contributed by atoms with Crippen LogP contribution in [0.4, 0.5) is 5.00 Å². The lowest BCUT2D eigenvalue weighted by molar-refractivity contribution is -0.117. The Morgan fingerprint density at radius 1 is 1.29 bits per heavy atom. The number of benzene rings is 1. The van der Waals surface area contributed by atoms with E-state index in [9.17, 15) is 10.1 Å². The van der Waals surface area contributed by atoms with Gasteiger partial charge in [0.05, 0.1) is 5.56 Å². The SMILES string of the molecule is CC(C)(C)[C@@H]1CCc2c(sc(NC(=O)[C@H]3C[C@H]3c3ccc(Cl)cc3)c2C#N)C1. The molecule has 2 aromatic rings. The van der Waals surface area contributed by atoms with Gasteiger partial charge in [0.25, 0.3) is 0 Å². The number of anilines is 1. The van der Waals surface area contributed by atoms with E-state index < -0.39 is 0 Å². The van der Waals surface area contributed by atoms with Crippen molar-refractivity contribution in [2.24, 2.45) is 17.3 Å². The summed E-state index contributed by atoms with van der Waals surface area (Å²) < 4.78 is 0. The third-order valence-electron chi connectivity index (χ3n) is 6.26. The number of hydrogen-bond acceptors (Lipinski definition) is 3. The molecule has 4 rings (SSSR count). The minimum atomic E-state index is -0.0193. The van der Waals surface area contributed by atoms with E-state index in [1.165, 1.54) is 4.88 Å². The highest BCUT2D eigenvalue weighted by atomic mass is 35.5. The van der Waals surface area contributed by atoms with E-state index in [-0.39, 0.29) is 23.2 Å². The van der Waals surface area contributed by atoms with Gasteiger partial charge in [-0.25, -0.2) is 0 Å². The second-order valence-corrected chi connectivity index (χ2v) is 10.7. The number of nitrogens with zero attached hydrogens (tertiary/aromatic N) is 1. The maximum absolute atomic E-state index is 12.8. The summed E-state index contributed by atoms with van der Waals surface area (Å²) in [5.74, 6) is 0.880. The van der Waals surface area contributed by atoms with Gasteiger partial charge in [-0.1, -0.05) is 44.5 Å². The molecule has 2 aliphatic rings. The normalized spacial score (nSPS) is 23.6. The lowest BCUT2D eigenvalue weighted by Gasteiger charge is -2.33. The summed E-state index contributed by atoms with van der Waals surface area (Å²) in [5.41, 5.74) is 3.26. The van der Waals surface area contributed by atoms with Gasteiger partial charge in [0, 0.05) is 15.8 Å². The third-order valence-corrected chi connectivity index (χ3v) is 7.69. The summed E-state index contributed by atoms with van der Waals surface area (Å²) in [7, 11) is 0. The molecule has 3 atom stereocenters. The molecule has 2 aliphatic carbocycles. The van der Waals surface area contributed by atoms with Crippen LogP contribution in [0.25, 0.3) is 0 Å². The number of hydrogen-bond donors (Lipinski definition) is 1. The smallest absolute Gasteiger partial charge is 0.228 e. The zero-order valence-corrected chi connectivity index (χ0v) is 18.1. The van der Waals surface area contributed by atoms with Crippen molar-refractivity contribution >= 4 is 33.8 Å². The maximum Gasteiger partial charge on any atom is 0.228 e. The van der Waals surface area contributed by atoms with Gasteiger partial charge in [0.1, 0.15) is 11.1 Å². The van der Waals surface area contributed by atoms with Gasteiger partial charge in [0.15, 0.2) is 0 Å². The van der Waals surface area contributed by atoms with Crippen molar-refractivity contribution in [2.75, 3.05) is 5.32 Å². The number of rotatable bonds is 3. The number of thiophene rings is 1. The lowest BCUT2D eigenvalue weighted by atomic mass is 9.72. The molecule has 3 nitrogen and oxygen atoms in total. The first kappa shape index (κ1) is 19.5. The van der Waals surface area contributed by atoms with Crippen LogP contribution >= 0.6 is 22.9 Å². The number of carbonyl (C=O) groups is 1. The molecule has 1 aromatic heterocycles. The maximum atomic E-state index is 12.8. The molecule has 1 N–H and O–H groups in total. The highest BCUT2D eigenvalue weighted by Crippen LogP contribution is 2.49. The fourth-order valence-electron chi connectivity index (χ4n) is 4.30. The molecule has 0 saturated heterocycles. The average molecular weight is 413 g/mol. The van der Waals surface area contributed by atoms with E-state index in [0.717, 1.165) is 41.8 Å². The first-order valence-corrected chi connectivity index (χ1v) is 11.1. The largest absolute Gasteiger partial charge is 0.316 e. The van der Waals surface area contributed by atoms with Crippen LogP contribution in [0.1, 0.15) is 61.1 Å². The molecule has 1 heterocycles. The van der Waals surface area contributed by atoms with Crippen molar-refractivity contribution in [3.63, 3.8) is 0 Å². The summed E-state index contributed by atoms with van der Waals surface area (Å²) in [6.07, 6.45) is 3.90. The number of halogens is 1. The zero-order chi connectivity index (χ0) is 20.1. The van der Waals surface area contributed by atoms with Crippen LogP contribution in [-0.4, -0.2) is 5.91 Å². The Labute approximate surface area is 175 Å². The first-order chi connectivity index (χ1) is 13.3. The molecule has 0 bridgehead atoms. The Morgan fingerprint density at radius 2 is 2.00 bits per heavy atom. The summed E-state index contributed by atoms with van der Waals surface area (Å²) in [5, 5.41) is 14.2. The second-order valence-electron chi connectivity index (χ2n) is 9.11. The second kappa shape index (κ2) is 7.21. The number of nitriles is 1. The quantitative estimate of drug-likeness (QED) is 0.655. The van der Waals surface area contributed by atoms with Gasteiger partial charge in [-0.05, 0) is 66.2 Å². The van der Waals surface area contributed by atoms with Gasteiger partial charge < -0.3 is 5.32 Å². The van der Waals surface area contributed by atoms with Crippen molar-refractivity contribution in [3.05, 3.63) is 50.9 Å². The standard InChI is InChI=1S/C23H25ClN2OS/c1-23(2,3)14-6-9-16-19(12-25)22(28-20(16)10-14)26-21(27)18-11-17(18)13-4-7-15(24)8-5-13/h4-5,7-8,14,17-18H,6,9-11H2,1-3H3,(H,26,27)/t14-,17+,18+/m1/s1. The van der Waals surface area contributed by atoms with Crippen LogP contribution in [0.5, 0.6) is 0 Å². The molecule has 0 aliphatic heterocycles. The fraction of sp³-hybridized carbons (Fsp3) is 0.478. The van der Waals surface area contributed by atoms with Gasteiger partial charge in [0.2, 0.25) is 5.91 Å². The minimum Gasteiger partial charge on any atom is -0.316 e. The summed E-state index contributed by atoms with van der Waals surface area (Å²) in [4.78, 5) is 14.1. The topological polar surface area (TPSA) is 52.9 Å². The van der Waals surface area contributed by atoms with Crippen molar-refractivity contribution in [1.29, 1.82) is 5.26 Å². The predicted molar refractivity (Wildman–Crippen MR) is 115 cm³/mol. The summed E-state index contributed by atoms with van der Waals surface area (Å²) >= 11 is 7.56. The highest BCUT2D eigenvalue weighted by molar-refractivity contribution is 7.16. The van der Waals surface area contributed by atoms with E-state index in [1.54, 1.807) is 11.3 Å². The zero-order valence-electron chi connectivity index (χ0n) is 16.5. The van der Waals surface area contributed by atoms with Crippen molar-refractivity contribution < 1.29 is 4.79 Å². The van der Waals surface area contributed by atoms with Gasteiger partial charge in [-0.3, -0.25) is 4.79 Å². The molecule has 1 fully saturated rings. The van der Waals surface area contributed by atoms with Crippen LogP contribution in [0, 0.1) is 28.6 Å². The van der Waals surface area contributed by atoms with E-state index >= 15 is 0 Å². The lowest BCUT2D eigenvalue weighted by Crippen LogP contribution is -2.26. The molecule has 28 heavy (non-hydrogen) atoms. The van der Waals surface area contributed by atoms with Crippen LogP contribution in [0.15, 0.2) is 24.3 Å². The number of nitrogens with one attached hydrogen (secondary N) is 1. The van der Waals surface area contributed by atoms with E-state index in [1.807, 2.05) is 24.3 Å². The number of amides is 1. The molecule has 0 radical (unpaired) electrons. The summed E-state index contributed by atoms with van der Waals surface area (Å²) in [6.45, 7) is 6.86. The van der Waals surface area contributed by atoms with Crippen molar-refractivity contribution in [3.8, 4) is 6.07 Å². The Bertz CT molecular complexity index is 949. The monoisotopic (exact) mass is 412 g/mol. The van der Waals surface area contributed by atoms with Crippen LogP contribution in [0.3, 0.4) is 0 Å². The summed E-state index contributed by atoms with van der Waals surface area (Å²) in [6, 6.07) is 10.1. The van der Waals surface area contributed by atoms with E-state index in [0.29, 0.717) is 16.5 Å². The number of carbonyl (C=O) groups excluding carboxylic acids is 1. The van der Waals surface area contributed by atoms with E-state index in [2.05, 4.69) is 32.2 Å². The molecule has 1 saturated carbocycles. The third kappa shape index (κ3) is 3.71. The Kier molecular flexibility index (Phi) is 5.02. The molecule has 5 heteroatoms. The van der Waals surface area contributed by atoms with Gasteiger partial charge in [-0.2, -0.15) is 5.26 Å². The fourth-order valence-corrected chi connectivity index (χ4v) is 5.71. The molecule has 146 valence electrons. The number of fused-ring (bicyclic) bond motifs is 1.